The minimum Gasteiger partial charge on any atom is -0.363 e. The first-order chi connectivity index (χ1) is 10.7. The number of anilines is 1. The van der Waals surface area contributed by atoms with E-state index in [0.29, 0.717) is 5.56 Å². The van der Waals surface area contributed by atoms with Gasteiger partial charge in [-0.3, -0.25) is 0 Å². The minimum atomic E-state index is -3.81. The zero-order valence-corrected chi connectivity index (χ0v) is 16.3. The van der Waals surface area contributed by atoms with Gasteiger partial charge in [0.1, 0.15) is 16.5 Å². The van der Waals surface area contributed by atoms with Gasteiger partial charge in [0.05, 0.1) is 0 Å². The Kier molecular flexibility index (Phi) is 5.77. The number of halogens is 3. The lowest BCUT2D eigenvalue weighted by Gasteiger charge is -2.13. The van der Waals surface area contributed by atoms with Crippen LogP contribution in [-0.2, 0) is 16.6 Å². The van der Waals surface area contributed by atoms with E-state index in [-0.39, 0.29) is 20.4 Å². The van der Waals surface area contributed by atoms with E-state index in [1.165, 1.54) is 0 Å². The average molecular weight is 467 g/mol. The van der Waals surface area contributed by atoms with Crippen LogP contribution in [0.25, 0.3) is 0 Å². The molecule has 0 aliphatic carbocycles. The Balaban J connectivity index is 2.19. The maximum absolute atomic E-state index is 13.3. The van der Waals surface area contributed by atoms with E-state index in [4.69, 9.17) is 0 Å². The monoisotopic (exact) mass is 465 g/mol. The van der Waals surface area contributed by atoms with Gasteiger partial charge in [0, 0.05) is 35.8 Å². The molecule has 0 spiro atoms. The third-order valence-corrected chi connectivity index (χ3v) is 6.24. The maximum atomic E-state index is 13.3. The summed E-state index contributed by atoms with van der Waals surface area (Å²) >= 11 is 6.16. The van der Waals surface area contributed by atoms with Crippen LogP contribution >= 0.6 is 31.9 Å². The van der Waals surface area contributed by atoms with Crippen molar-refractivity contribution in [3.63, 3.8) is 0 Å². The zero-order chi connectivity index (χ0) is 17.2. The van der Waals surface area contributed by atoms with Gasteiger partial charge < -0.3 is 4.90 Å². The van der Waals surface area contributed by atoms with Crippen molar-refractivity contribution in [3.8, 4) is 0 Å². The Morgan fingerprint density at radius 2 is 1.83 bits per heavy atom. The summed E-state index contributed by atoms with van der Waals surface area (Å²) in [6, 6.07) is 5.80. The summed E-state index contributed by atoms with van der Waals surface area (Å²) in [6.07, 6.45) is 1.60. The van der Waals surface area contributed by atoms with Gasteiger partial charge >= 0.3 is 0 Å². The van der Waals surface area contributed by atoms with Crippen molar-refractivity contribution < 1.29 is 12.8 Å². The smallest absolute Gasteiger partial charge is 0.243 e. The highest BCUT2D eigenvalue weighted by atomic mass is 79.9. The Morgan fingerprint density at radius 1 is 1.22 bits per heavy atom. The second-order valence-electron chi connectivity index (χ2n) is 4.94. The third-order valence-electron chi connectivity index (χ3n) is 2.97. The quantitative estimate of drug-likeness (QED) is 0.734. The Hall–Kier alpha value is -1.03. The van der Waals surface area contributed by atoms with E-state index < -0.39 is 15.8 Å². The van der Waals surface area contributed by atoms with Gasteiger partial charge in [0.2, 0.25) is 10.0 Å². The molecule has 9 heteroatoms. The molecule has 1 aromatic heterocycles. The van der Waals surface area contributed by atoms with Crippen LogP contribution in [0.5, 0.6) is 0 Å². The number of hydrogen-bond donors (Lipinski definition) is 1. The van der Waals surface area contributed by atoms with Crippen LogP contribution in [0.2, 0.25) is 0 Å². The summed E-state index contributed by atoms with van der Waals surface area (Å²) in [4.78, 5) is 6.02. The number of sulfonamides is 1. The molecule has 0 saturated heterocycles. The number of rotatable bonds is 5. The normalized spacial score (nSPS) is 11.5. The van der Waals surface area contributed by atoms with Gasteiger partial charge in [0.25, 0.3) is 0 Å². The zero-order valence-electron chi connectivity index (χ0n) is 12.3. The maximum Gasteiger partial charge on any atom is 0.243 e. The van der Waals surface area contributed by atoms with Crippen molar-refractivity contribution in [2.24, 2.45) is 0 Å². The predicted octanol–water partition coefficient (Wildman–Crippen LogP) is 3.29. The fraction of sp³-hybridized carbons (Fsp3) is 0.214. The number of nitrogens with zero attached hydrogens (tertiary/aromatic N) is 2. The molecule has 0 atom stereocenters. The summed E-state index contributed by atoms with van der Waals surface area (Å²) in [5, 5.41) is 0. The molecule has 0 aliphatic rings. The van der Waals surface area contributed by atoms with Gasteiger partial charge in [-0.1, -0.05) is 6.07 Å². The van der Waals surface area contributed by atoms with Gasteiger partial charge in [-0.05, 0) is 55.6 Å². The molecule has 0 radical (unpaired) electrons. The standard InChI is InChI=1S/C14H14Br2FN3O2S/c1-20(2)13-4-3-9(7-18-13)8-19-23(21,22)14-11(15)5-10(17)6-12(14)16/h3-7,19H,8H2,1-2H3. The van der Waals surface area contributed by atoms with Crippen LogP contribution in [0.3, 0.4) is 0 Å². The molecule has 1 N–H and O–H groups in total. The molecular formula is C14H14Br2FN3O2S. The van der Waals surface area contributed by atoms with Crippen LogP contribution in [0.1, 0.15) is 5.56 Å². The summed E-state index contributed by atoms with van der Waals surface area (Å²) in [5.74, 6) is 0.242. The Bertz CT molecular complexity index is 788. The lowest BCUT2D eigenvalue weighted by molar-refractivity contribution is 0.579. The third kappa shape index (κ3) is 4.50. The molecule has 2 rings (SSSR count). The summed E-state index contributed by atoms with van der Waals surface area (Å²) in [7, 11) is -0.0729. The fourth-order valence-corrected chi connectivity index (χ4v) is 5.36. The van der Waals surface area contributed by atoms with Crippen molar-refractivity contribution in [2.75, 3.05) is 19.0 Å². The van der Waals surface area contributed by atoms with E-state index in [0.717, 1.165) is 18.0 Å². The highest BCUT2D eigenvalue weighted by Gasteiger charge is 2.22. The van der Waals surface area contributed by atoms with Crippen molar-refractivity contribution in [1.82, 2.24) is 9.71 Å². The molecule has 0 saturated carbocycles. The van der Waals surface area contributed by atoms with E-state index in [9.17, 15) is 12.8 Å². The molecule has 0 bridgehead atoms. The highest BCUT2D eigenvalue weighted by Crippen LogP contribution is 2.31. The van der Waals surface area contributed by atoms with Crippen molar-refractivity contribution in [2.45, 2.75) is 11.4 Å². The molecule has 1 heterocycles. The number of pyridine rings is 1. The van der Waals surface area contributed by atoms with E-state index >= 15 is 0 Å². The molecule has 2 aromatic rings. The Labute approximate surface area is 151 Å². The van der Waals surface area contributed by atoms with Crippen LogP contribution < -0.4 is 9.62 Å². The van der Waals surface area contributed by atoms with Crippen LogP contribution in [0.15, 0.2) is 44.3 Å². The molecule has 5 nitrogen and oxygen atoms in total. The van der Waals surface area contributed by atoms with Gasteiger partial charge in [0.15, 0.2) is 0 Å². The van der Waals surface area contributed by atoms with Crippen LogP contribution in [-0.4, -0.2) is 27.5 Å². The van der Waals surface area contributed by atoms with Crippen LogP contribution in [0.4, 0.5) is 10.2 Å². The first-order valence-corrected chi connectivity index (χ1v) is 9.54. The second-order valence-corrected chi connectivity index (χ2v) is 8.35. The molecule has 0 amide bonds. The number of hydrogen-bond acceptors (Lipinski definition) is 4. The van der Waals surface area contributed by atoms with Crippen LogP contribution in [0, 0.1) is 5.82 Å². The number of aromatic nitrogens is 1. The second kappa shape index (κ2) is 7.25. The fourth-order valence-electron chi connectivity index (χ4n) is 1.82. The summed E-state index contributed by atoms with van der Waals surface area (Å²) < 4.78 is 40.9. The lowest BCUT2D eigenvalue weighted by Crippen LogP contribution is -2.24. The largest absolute Gasteiger partial charge is 0.363 e. The van der Waals surface area contributed by atoms with Gasteiger partial charge in [-0.25, -0.2) is 22.5 Å². The number of benzene rings is 1. The average Bonchev–Trinajstić information content (AvgIpc) is 2.44. The van der Waals surface area contributed by atoms with Crippen molar-refractivity contribution in [1.29, 1.82) is 0 Å². The highest BCUT2D eigenvalue weighted by molar-refractivity contribution is 9.11. The van der Waals surface area contributed by atoms with Gasteiger partial charge in [-0.2, -0.15) is 0 Å². The Morgan fingerprint density at radius 3 is 2.30 bits per heavy atom. The molecule has 1 aromatic carbocycles. The molecule has 23 heavy (non-hydrogen) atoms. The number of nitrogens with one attached hydrogen (secondary N) is 1. The first-order valence-electron chi connectivity index (χ1n) is 6.47. The van der Waals surface area contributed by atoms with E-state index in [2.05, 4.69) is 41.6 Å². The minimum absolute atomic E-state index is 0.0447. The molecule has 124 valence electrons. The topological polar surface area (TPSA) is 62.3 Å². The molecule has 0 unspecified atom stereocenters. The first kappa shape index (κ1) is 18.3. The summed E-state index contributed by atoms with van der Waals surface area (Å²) in [5.41, 5.74) is 0.716. The SMILES string of the molecule is CN(C)c1ccc(CNS(=O)(=O)c2c(Br)cc(F)cc2Br)cn1. The van der Waals surface area contributed by atoms with E-state index in [1.54, 1.807) is 18.3 Å². The van der Waals surface area contributed by atoms with Crippen molar-refractivity contribution in [3.05, 3.63) is 50.8 Å². The van der Waals surface area contributed by atoms with E-state index in [1.807, 2.05) is 19.0 Å². The molecular weight excluding hydrogens is 453 g/mol. The molecule has 0 aliphatic heterocycles. The summed E-state index contributed by atoms with van der Waals surface area (Å²) in [6.45, 7) is 0.0826. The molecule has 0 fully saturated rings. The lowest BCUT2D eigenvalue weighted by atomic mass is 10.3. The van der Waals surface area contributed by atoms with Gasteiger partial charge in [-0.15, -0.1) is 0 Å². The predicted molar refractivity (Wildman–Crippen MR) is 94.4 cm³/mol. The van der Waals surface area contributed by atoms with Crippen molar-refractivity contribution >= 4 is 47.7 Å².